The Morgan fingerprint density at radius 1 is 1.12 bits per heavy atom. The van der Waals surface area contributed by atoms with E-state index in [1.807, 2.05) is 22.9 Å². The molecule has 3 N–H and O–H groups in total. The smallest absolute Gasteiger partial charge is 0.410 e. The molecule has 1 aromatic carbocycles. The number of sulfonamides is 1. The molecule has 0 unspecified atom stereocenters. The molecule has 0 spiro atoms. The van der Waals surface area contributed by atoms with Gasteiger partial charge in [-0.1, -0.05) is 24.3 Å². The van der Waals surface area contributed by atoms with E-state index in [9.17, 15) is 41.2 Å². The van der Waals surface area contributed by atoms with Crippen LogP contribution in [0.2, 0.25) is 0 Å². The number of carbonyl (C=O) groups is 5. The number of hydrogen-bond donors (Lipinski definition) is 3. The SMILES string of the molecule is C=C[C@@H]1C[C@@]1(NC(=O)[C@@H]1C[C@@H]2CN1C(=O)[C@H](CC(F)F)NC(=O)OCCCCCc1cccc3c1CN(C3)C(=O)O2)C(=O)NS(=O)(=O)C1CC1. The van der Waals surface area contributed by atoms with Gasteiger partial charge >= 0.3 is 12.2 Å². The Balaban J connectivity index is 1.25. The van der Waals surface area contributed by atoms with Crippen molar-refractivity contribution in [1.82, 2.24) is 25.2 Å². The van der Waals surface area contributed by atoms with E-state index in [-0.39, 0.29) is 26.0 Å². The first-order valence-electron chi connectivity index (χ1n) is 16.9. The predicted octanol–water partition coefficient (Wildman–Crippen LogP) is 2.25. The molecule has 5 aliphatic rings. The van der Waals surface area contributed by atoms with Gasteiger partial charge in [0, 0.05) is 31.8 Å². The minimum Gasteiger partial charge on any atom is -0.450 e. The van der Waals surface area contributed by atoms with E-state index in [0.29, 0.717) is 38.8 Å². The molecule has 5 atom stereocenters. The maximum absolute atomic E-state index is 13.9. The lowest BCUT2D eigenvalue weighted by molar-refractivity contribution is -0.141. The molecule has 4 bridgehead atoms. The highest BCUT2D eigenvalue weighted by molar-refractivity contribution is 7.91. The van der Waals surface area contributed by atoms with Gasteiger partial charge in [-0.25, -0.2) is 26.8 Å². The van der Waals surface area contributed by atoms with Gasteiger partial charge in [-0.15, -0.1) is 6.58 Å². The highest BCUT2D eigenvalue weighted by Crippen LogP contribution is 2.45. The third-order valence-corrected chi connectivity index (χ3v) is 11.8. The monoisotopic (exact) mass is 721 g/mol. The van der Waals surface area contributed by atoms with Gasteiger partial charge in [-0.2, -0.15) is 0 Å². The summed E-state index contributed by atoms with van der Waals surface area (Å²) in [4.78, 5) is 69.6. The fourth-order valence-corrected chi connectivity index (χ4v) is 8.37. The molecule has 1 saturated heterocycles. The average Bonchev–Trinajstić information content (AvgIpc) is 3.95. The third kappa shape index (κ3) is 7.56. The lowest BCUT2D eigenvalue weighted by atomic mass is 9.99. The molecule has 2 saturated carbocycles. The predicted molar refractivity (Wildman–Crippen MR) is 172 cm³/mol. The number of fused-ring (bicyclic) bond motifs is 3. The number of alkyl halides is 2. The van der Waals surface area contributed by atoms with Gasteiger partial charge in [0.1, 0.15) is 23.7 Å². The number of nitrogens with one attached hydrogen (secondary N) is 3. The van der Waals surface area contributed by atoms with Gasteiger partial charge < -0.3 is 25.0 Å². The number of halogens is 2. The van der Waals surface area contributed by atoms with Crippen LogP contribution in [0.15, 0.2) is 30.9 Å². The summed E-state index contributed by atoms with van der Waals surface area (Å²) in [5.41, 5.74) is 1.39. The highest BCUT2D eigenvalue weighted by atomic mass is 32.2. The Kier molecular flexibility index (Phi) is 10.1. The van der Waals surface area contributed by atoms with Crippen molar-refractivity contribution in [3.8, 4) is 0 Å². The van der Waals surface area contributed by atoms with E-state index in [0.717, 1.165) is 34.4 Å². The lowest BCUT2D eigenvalue weighted by Crippen LogP contribution is -2.58. The van der Waals surface area contributed by atoms with Crippen molar-refractivity contribution in [3.63, 3.8) is 0 Å². The standard InChI is InChI=1S/C33H41F2N5O9S/c1-2-21-15-33(21,30(43)38-50(46,47)23-10-11-23)37-28(41)26-13-22-17-40(26)29(42)25(14-27(34)35)36-31(44)48-12-5-3-4-7-19-8-6-9-20-16-39(18-24(19)20)32(45)49-22/h2,6,8-9,21-23,25-27H,1,3-5,7,10-18H2,(H,36,44)(H,37,41)(H,38,43)/t21-,22-,25+,26+,33+/m1/s1. The van der Waals surface area contributed by atoms with Crippen LogP contribution in [-0.4, -0.2) is 96.7 Å². The molecule has 3 heterocycles. The Bertz CT molecular complexity index is 1670. The fraction of sp³-hybridized carbons (Fsp3) is 0.606. The molecule has 0 radical (unpaired) electrons. The largest absolute Gasteiger partial charge is 0.450 e. The van der Waals surface area contributed by atoms with Crippen LogP contribution in [0.25, 0.3) is 0 Å². The van der Waals surface area contributed by atoms with Gasteiger partial charge in [-0.3, -0.25) is 24.0 Å². The quantitative estimate of drug-likeness (QED) is 0.340. The second-order valence-corrected chi connectivity index (χ2v) is 15.6. The molecule has 1 aromatic rings. The summed E-state index contributed by atoms with van der Waals surface area (Å²) in [7, 11) is -3.97. The molecule has 0 aromatic heterocycles. The van der Waals surface area contributed by atoms with Gasteiger partial charge in [0.05, 0.1) is 18.4 Å². The van der Waals surface area contributed by atoms with E-state index in [4.69, 9.17) is 9.47 Å². The zero-order valence-corrected chi connectivity index (χ0v) is 28.2. The number of benzene rings is 1. The molecular weight excluding hydrogens is 680 g/mol. The van der Waals surface area contributed by atoms with E-state index < -0.39 is 87.7 Å². The number of hydrogen-bond acceptors (Lipinski definition) is 9. The van der Waals surface area contributed by atoms with Crippen molar-refractivity contribution >= 4 is 39.9 Å². The van der Waals surface area contributed by atoms with Gasteiger partial charge in [0.25, 0.3) is 5.91 Å². The maximum Gasteiger partial charge on any atom is 0.410 e. The molecule has 14 nitrogen and oxygen atoms in total. The molecule has 6 rings (SSSR count). The number of ether oxygens (including phenoxy) is 2. The third-order valence-electron chi connectivity index (χ3n) is 10.0. The molecule has 3 fully saturated rings. The summed E-state index contributed by atoms with van der Waals surface area (Å²) < 4.78 is 65.6. The average molecular weight is 722 g/mol. The topological polar surface area (TPSA) is 181 Å². The molecule has 272 valence electrons. The summed E-state index contributed by atoms with van der Waals surface area (Å²) >= 11 is 0. The van der Waals surface area contributed by atoms with Crippen LogP contribution in [0.4, 0.5) is 18.4 Å². The van der Waals surface area contributed by atoms with Crippen molar-refractivity contribution in [2.45, 2.75) is 106 Å². The Morgan fingerprint density at radius 2 is 1.88 bits per heavy atom. The van der Waals surface area contributed by atoms with Gasteiger partial charge in [0.15, 0.2) is 0 Å². The second kappa shape index (κ2) is 14.2. The summed E-state index contributed by atoms with van der Waals surface area (Å²) in [6, 6.07) is 2.63. The number of amides is 5. The van der Waals surface area contributed by atoms with Crippen LogP contribution in [0, 0.1) is 5.92 Å². The maximum atomic E-state index is 13.9. The first kappa shape index (κ1) is 35.5. The number of alkyl carbamates (subject to hydrolysis) is 1. The van der Waals surface area contributed by atoms with E-state index in [2.05, 4.69) is 17.2 Å². The number of nitrogens with zero attached hydrogens (tertiary/aromatic N) is 2. The van der Waals surface area contributed by atoms with Gasteiger partial charge in [-0.05, 0) is 61.6 Å². The van der Waals surface area contributed by atoms with Crippen molar-refractivity contribution in [1.29, 1.82) is 0 Å². The van der Waals surface area contributed by atoms with Crippen molar-refractivity contribution in [3.05, 3.63) is 47.5 Å². The van der Waals surface area contributed by atoms with Crippen LogP contribution >= 0.6 is 0 Å². The number of rotatable bonds is 8. The molecular formula is C33H41F2N5O9S. The van der Waals surface area contributed by atoms with Crippen molar-refractivity contribution < 1.29 is 50.6 Å². The summed E-state index contributed by atoms with van der Waals surface area (Å²) in [6.45, 7) is 3.89. The molecule has 17 heteroatoms. The Hall–Kier alpha value is -4.28. The van der Waals surface area contributed by atoms with Crippen LogP contribution in [-0.2, 0) is 53.4 Å². The molecule has 50 heavy (non-hydrogen) atoms. The lowest BCUT2D eigenvalue weighted by Gasteiger charge is -2.29. The van der Waals surface area contributed by atoms with E-state index in [1.165, 1.54) is 11.0 Å². The number of carbonyl (C=O) groups excluding carboxylic acids is 5. The number of cyclic esters (lactones) is 1. The minimum absolute atomic E-state index is 0.00760. The second-order valence-electron chi connectivity index (χ2n) is 13.6. The minimum atomic E-state index is -3.97. The normalized spacial score (nSPS) is 28.8. The highest BCUT2D eigenvalue weighted by Gasteiger charge is 2.62. The summed E-state index contributed by atoms with van der Waals surface area (Å²) in [5, 5.41) is 4.09. The van der Waals surface area contributed by atoms with Crippen LogP contribution in [0.3, 0.4) is 0 Å². The van der Waals surface area contributed by atoms with Crippen molar-refractivity contribution in [2.24, 2.45) is 5.92 Å². The van der Waals surface area contributed by atoms with Crippen LogP contribution in [0.5, 0.6) is 0 Å². The fourth-order valence-electron chi connectivity index (χ4n) is 7.01. The molecule has 5 amide bonds. The van der Waals surface area contributed by atoms with E-state index >= 15 is 0 Å². The Morgan fingerprint density at radius 3 is 2.58 bits per heavy atom. The molecule has 3 aliphatic heterocycles. The molecule has 2 aliphatic carbocycles. The van der Waals surface area contributed by atoms with E-state index in [1.54, 1.807) is 0 Å². The summed E-state index contributed by atoms with van der Waals surface area (Å²) in [6.07, 6.45) is -2.23. The zero-order chi connectivity index (χ0) is 35.8. The van der Waals surface area contributed by atoms with Crippen LogP contribution in [0.1, 0.15) is 68.1 Å². The first-order valence-corrected chi connectivity index (χ1v) is 18.4. The summed E-state index contributed by atoms with van der Waals surface area (Å²) in [5.74, 6) is -3.51. The first-order chi connectivity index (χ1) is 23.8. The zero-order valence-electron chi connectivity index (χ0n) is 27.4. The van der Waals surface area contributed by atoms with Gasteiger partial charge in [0.2, 0.25) is 28.3 Å². The Labute approximate surface area is 288 Å². The number of aryl methyl sites for hydroxylation is 1. The van der Waals surface area contributed by atoms with Crippen LogP contribution < -0.4 is 15.4 Å². The van der Waals surface area contributed by atoms with Crippen molar-refractivity contribution in [2.75, 3.05) is 13.2 Å².